The zero-order valence-corrected chi connectivity index (χ0v) is 20.4. The third-order valence-corrected chi connectivity index (χ3v) is 6.02. The second-order valence-electron chi connectivity index (χ2n) is 8.82. The highest BCUT2D eigenvalue weighted by Gasteiger charge is 2.46. The predicted molar refractivity (Wildman–Crippen MR) is 128 cm³/mol. The van der Waals surface area contributed by atoms with Gasteiger partial charge in [-0.1, -0.05) is 36.4 Å². The summed E-state index contributed by atoms with van der Waals surface area (Å²) in [5.74, 6) is -1.30. The smallest absolute Gasteiger partial charge is 0.497 e. The van der Waals surface area contributed by atoms with Crippen LogP contribution in [0.3, 0.4) is 0 Å². The van der Waals surface area contributed by atoms with Gasteiger partial charge in [-0.2, -0.15) is 0 Å². The van der Waals surface area contributed by atoms with E-state index in [1.54, 1.807) is 37.3 Å². The van der Waals surface area contributed by atoms with E-state index in [0.29, 0.717) is 5.56 Å². The molecule has 2 heterocycles. The summed E-state index contributed by atoms with van der Waals surface area (Å²) >= 11 is 0. The number of ketones is 1. The fraction of sp³-hybridized carbons (Fsp3) is 0.370. The molecule has 1 saturated heterocycles. The Bertz CT molecular complexity index is 1180. The molecule has 2 aliphatic rings. The average Bonchev–Trinajstić information content (AvgIpc) is 3.65. The maximum absolute atomic E-state index is 13.3. The van der Waals surface area contributed by atoms with E-state index in [4.69, 9.17) is 23.7 Å². The van der Waals surface area contributed by atoms with Crippen LogP contribution in [0.2, 0.25) is 0 Å². The summed E-state index contributed by atoms with van der Waals surface area (Å²) in [6.45, 7) is 1.59. The number of carbonyl (C=O) groups excluding carboxylic acids is 3. The van der Waals surface area contributed by atoms with Crippen molar-refractivity contribution in [1.29, 1.82) is 0 Å². The van der Waals surface area contributed by atoms with E-state index in [2.05, 4.69) is 0 Å². The topological polar surface area (TPSA) is 141 Å². The number of fused-ring (bicyclic) bond motifs is 3. The fourth-order valence-corrected chi connectivity index (χ4v) is 4.00. The van der Waals surface area contributed by atoms with Crippen molar-refractivity contribution < 1.29 is 48.3 Å². The van der Waals surface area contributed by atoms with Gasteiger partial charge in [-0.3, -0.25) is 4.79 Å². The number of hydrogen-bond acceptors (Lipinski definition) is 10. The van der Waals surface area contributed by atoms with Crippen LogP contribution in [0, 0.1) is 0 Å². The minimum Gasteiger partial charge on any atom is -0.497 e. The van der Waals surface area contributed by atoms with E-state index in [-0.39, 0.29) is 36.5 Å². The predicted octanol–water partition coefficient (Wildman–Crippen LogP) is 3.04. The number of ether oxygens (including phenoxy) is 5. The van der Waals surface area contributed by atoms with Crippen LogP contribution in [0.15, 0.2) is 54.6 Å². The number of esters is 1. The number of hydrogen-bond donors (Lipinski definition) is 2. The van der Waals surface area contributed by atoms with Crippen molar-refractivity contribution in [3.63, 3.8) is 0 Å². The van der Waals surface area contributed by atoms with Crippen LogP contribution >= 0.6 is 0 Å². The Labute approximate surface area is 213 Å². The average molecular weight is 513 g/mol. The number of rotatable bonds is 4. The van der Waals surface area contributed by atoms with E-state index in [1.807, 2.05) is 6.07 Å². The largest absolute Gasteiger partial charge is 0.514 e. The zero-order chi connectivity index (χ0) is 26.5. The standard InChI is InChI=1S/C27H28O10/c1-15-7-6-10-19(28)24(30)20(29)13-22-25(36-22)18-11-17(33-2)12-21(23(18)26(31)35-15)37-27(32)34-14-16-8-4-3-5-9-16/h3-6,8-12,15,20,22,24-25,29-30H,7,13-14H2,1-2H3/b10-6-/t15-,20-,22+,24+,25+/m0/s1. The molecule has 37 heavy (non-hydrogen) atoms. The molecule has 0 aromatic heterocycles. The lowest BCUT2D eigenvalue weighted by Crippen LogP contribution is -2.34. The lowest BCUT2D eigenvalue weighted by Gasteiger charge is -2.18. The van der Waals surface area contributed by atoms with E-state index < -0.39 is 48.4 Å². The van der Waals surface area contributed by atoms with Crippen molar-refractivity contribution in [3.8, 4) is 11.5 Å². The van der Waals surface area contributed by atoms with Crippen LogP contribution in [-0.2, 0) is 25.6 Å². The Balaban J connectivity index is 1.65. The van der Waals surface area contributed by atoms with Gasteiger partial charge in [-0.25, -0.2) is 9.59 Å². The Morgan fingerprint density at radius 2 is 1.89 bits per heavy atom. The first-order valence-corrected chi connectivity index (χ1v) is 11.8. The summed E-state index contributed by atoms with van der Waals surface area (Å²) in [5, 5.41) is 20.5. The number of cyclic esters (lactones) is 1. The highest BCUT2D eigenvalue weighted by molar-refractivity contribution is 5.96. The molecule has 0 saturated carbocycles. The monoisotopic (exact) mass is 512 g/mol. The molecule has 196 valence electrons. The Hall–Kier alpha value is -3.73. The van der Waals surface area contributed by atoms with Crippen molar-refractivity contribution in [2.45, 2.75) is 56.9 Å². The van der Waals surface area contributed by atoms with E-state index in [0.717, 1.165) is 11.6 Å². The maximum atomic E-state index is 13.3. The molecular weight excluding hydrogens is 484 g/mol. The van der Waals surface area contributed by atoms with Crippen LogP contribution in [0.1, 0.15) is 47.4 Å². The van der Waals surface area contributed by atoms with Crippen molar-refractivity contribution in [2.75, 3.05) is 7.11 Å². The van der Waals surface area contributed by atoms with Crippen LogP contribution in [0.5, 0.6) is 11.5 Å². The molecule has 5 atom stereocenters. The minimum absolute atomic E-state index is 0.0353. The Kier molecular flexibility index (Phi) is 8.22. The normalized spacial score (nSPS) is 26.5. The molecule has 1 fully saturated rings. The number of epoxide rings is 1. The van der Waals surface area contributed by atoms with Crippen LogP contribution in [0.25, 0.3) is 0 Å². The molecule has 2 aliphatic heterocycles. The number of carbonyl (C=O) groups is 3. The molecule has 2 aromatic carbocycles. The van der Waals surface area contributed by atoms with Gasteiger partial charge in [0.05, 0.1) is 19.3 Å². The number of benzene rings is 2. The fourth-order valence-electron chi connectivity index (χ4n) is 4.00. The van der Waals surface area contributed by atoms with Crippen molar-refractivity contribution in [3.05, 3.63) is 71.3 Å². The molecule has 2 N–H and O–H groups in total. The second kappa shape index (κ2) is 11.5. The molecule has 0 bridgehead atoms. The van der Waals surface area contributed by atoms with Gasteiger partial charge in [0, 0.05) is 24.5 Å². The first kappa shape index (κ1) is 26.3. The highest BCUT2D eigenvalue weighted by atomic mass is 16.7. The second-order valence-corrected chi connectivity index (χ2v) is 8.82. The molecule has 0 unspecified atom stereocenters. The third kappa shape index (κ3) is 6.53. The highest BCUT2D eigenvalue weighted by Crippen LogP contribution is 2.47. The maximum Gasteiger partial charge on any atom is 0.514 e. The van der Waals surface area contributed by atoms with Gasteiger partial charge in [0.1, 0.15) is 36.2 Å². The van der Waals surface area contributed by atoms with Gasteiger partial charge in [0.25, 0.3) is 0 Å². The van der Waals surface area contributed by atoms with E-state index >= 15 is 0 Å². The molecule has 0 radical (unpaired) electrons. The molecule has 0 amide bonds. The van der Waals surface area contributed by atoms with Gasteiger partial charge in [0.15, 0.2) is 11.5 Å². The van der Waals surface area contributed by atoms with Crippen LogP contribution < -0.4 is 9.47 Å². The molecule has 0 spiro atoms. The summed E-state index contributed by atoms with van der Waals surface area (Å²) in [6.07, 6.45) is -3.31. The summed E-state index contributed by atoms with van der Waals surface area (Å²) in [6, 6.07) is 11.9. The molecule has 4 rings (SSSR count). The molecule has 2 aromatic rings. The lowest BCUT2D eigenvalue weighted by atomic mass is 9.97. The van der Waals surface area contributed by atoms with E-state index in [9.17, 15) is 24.6 Å². The lowest BCUT2D eigenvalue weighted by molar-refractivity contribution is -0.128. The summed E-state index contributed by atoms with van der Waals surface area (Å²) in [7, 11) is 1.41. The van der Waals surface area contributed by atoms with Gasteiger partial charge in [-0.15, -0.1) is 0 Å². The Morgan fingerprint density at radius 1 is 1.14 bits per heavy atom. The summed E-state index contributed by atoms with van der Waals surface area (Å²) < 4.78 is 27.2. The number of aliphatic hydroxyl groups is 2. The third-order valence-electron chi connectivity index (χ3n) is 6.02. The molecule has 10 nitrogen and oxygen atoms in total. The molecule has 0 aliphatic carbocycles. The quantitative estimate of drug-likeness (QED) is 0.357. The number of methoxy groups -OCH3 is 1. The van der Waals surface area contributed by atoms with Crippen molar-refractivity contribution >= 4 is 17.9 Å². The molecular formula is C27H28O10. The molecule has 10 heteroatoms. The van der Waals surface area contributed by atoms with Gasteiger partial charge >= 0.3 is 12.1 Å². The van der Waals surface area contributed by atoms with Crippen molar-refractivity contribution in [1.82, 2.24) is 0 Å². The summed E-state index contributed by atoms with van der Waals surface area (Å²) in [5.41, 5.74) is 1.01. The van der Waals surface area contributed by atoms with Crippen molar-refractivity contribution in [2.24, 2.45) is 0 Å². The SMILES string of the molecule is COc1cc(OC(=O)OCc2ccccc2)c2c(c1)[C@H]1O[C@@H]1C[C@H](O)[C@H](O)C(=O)/C=C\C[C@H](C)OC2=O. The Morgan fingerprint density at radius 3 is 2.62 bits per heavy atom. The van der Waals surface area contributed by atoms with Crippen LogP contribution in [0.4, 0.5) is 4.79 Å². The minimum atomic E-state index is -1.62. The first-order valence-electron chi connectivity index (χ1n) is 11.8. The number of aliphatic hydroxyl groups excluding tert-OH is 2. The van der Waals surface area contributed by atoms with E-state index in [1.165, 1.54) is 19.3 Å². The van der Waals surface area contributed by atoms with Crippen LogP contribution in [-0.4, -0.2) is 59.6 Å². The zero-order valence-electron chi connectivity index (χ0n) is 20.4. The summed E-state index contributed by atoms with van der Waals surface area (Å²) in [4.78, 5) is 38.0. The van der Waals surface area contributed by atoms with Gasteiger partial charge in [-0.05, 0) is 24.6 Å². The van der Waals surface area contributed by atoms with Gasteiger partial charge in [0.2, 0.25) is 0 Å². The van der Waals surface area contributed by atoms with Gasteiger partial charge < -0.3 is 33.9 Å². The first-order chi connectivity index (χ1) is 17.8.